The second-order valence-corrected chi connectivity index (χ2v) is 12.1. The molecule has 4 rings (SSSR count). The Morgan fingerprint density at radius 2 is 1.91 bits per heavy atom. The molecule has 1 saturated heterocycles. The van der Waals surface area contributed by atoms with Gasteiger partial charge in [0.1, 0.15) is 10.7 Å². The molecule has 1 N–H and O–H groups in total. The molecule has 0 radical (unpaired) electrons. The number of aromatic amines is 1. The molecule has 0 bridgehead atoms. The van der Waals surface area contributed by atoms with Gasteiger partial charge in [0.05, 0.1) is 16.0 Å². The molecular weight excluding hydrogens is 464 g/mol. The highest BCUT2D eigenvalue weighted by Crippen LogP contribution is 2.30. The van der Waals surface area contributed by atoms with Crippen LogP contribution in [0.15, 0.2) is 27.9 Å². The predicted octanol–water partition coefficient (Wildman–Crippen LogP) is 5.15. The summed E-state index contributed by atoms with van der Waals surface area (Å²) in [6.07, 6.45) is 0.950. The van der Waals surface area contributed by atoms with Crippen LogP contribution in [0.5, 0.6) is 0 Å². The first kappa shape index (κ1) is 24.9. The quantitative estimate of drug-likeness (QED) is 0.504. The zero-order chi connectivity index (χ0) is 24.6. The molecule has 6 nitrogen and oxygen atoms in total. The van der Waals surface area contributed by atoms with E-state index in [1.54, 1.807) is 11.8 Å². The molecule has 0 aliphatic carbocycles. The lowest BCUT2D eigenvalue weighted by molar-refractivity contribution is 0.0753. The summed E-state index contributed by atoms with van der Waals surface area (Å²) in [5, 5.41) is 0.542. The molecule has 182 valence electrons. The van der Waals surface area contributed by atoms with Crippen molar-refractivity contribution in [3.05, 3.63) is 55.9 Å². The van der Waals surface area contributed by atoms with E-state index in [9.17, 15) is 9.59 Å². The van der Waals surface area contributed by atoms with Crippen LogP contribution >= 0.6 is 23.1 Å². The molecule has 8 heteroatoms. The average Bonchev–Trinajstić information content (AvgIpc) is 2.94. The third-order valence-electron chi connectivity index (χ3n) is 6.48. The normalized spacial score (nSPS) is 15.6. The number of hydrogen-bond acceptors (Lipinski definition) is 6. The molecule has 3 aromatic rings. The van der Waals surface area contributed by atoms with Crippen molar-refractivity contribution < 1.29 is 4.79 Å². The molecule has 1 aromatic carbocycles. The average molecular weight is 499 g/mol. The van der Waals surface area contributed by atoms with Gasteiger partial charge < -0.3 is 9.88 Å². The maximum Gasteiger partial charge on any atom is 0.264 e. The van der Waals surface area contributed by atoms with Crippen molar-refractivity contribution in [1.82, 2.24) is 19.8 Å². The minimum Gasteiger partial charge on any atom is -0.337 e. The third kappa shape index (κ3) is 5.24. The smallest absolute Gasteiger partial charge is 0.264 e. The van der Waals surface area contributed by atoms with Crippen LogP contribution in [0.4, 0.5) is 0 Å². The van der Waals surface area contributed by atoms with Gasteiger partial charge in [0, 0.05) is 36.6 Å². The number of carbonyl (C=O) groups is 1. The number of fused-ring (bicyclic) bond motifs is 1. The summed E-state index contributed by atoms with van der Waals surface area (Å²) in [7, 11) is 0. The largest absolute Gasteiger partial charge is 0.337 e. The first-order chi connectivity index (χ1) is 16.0. The van der Waals surface area contributed by atoms with Crippen molar-refractivity contribution in [1.29, 1.82) is 0 Å². The van der Waals surface area contributed by atoms with Crippen LogP contribution in [-0.2, 0) is 5.75 Å². The fraction of sp³-hybridized carbons (Fsp3) is 0.500. The molecule has 0 atom stereocenters. The molecule has 2 aromatic heterocycles. The number of aromatic nitrogens is 2. The Kier molecular flexibility index (Phi) is 7.22. The molecule has 0 unspecified atom stereocenters. The van der Waals surface area contributed by atoms with Gasteiger partial charge in [-0.1, -0.05) is 17.7 Å². The molecule has 1 fully saturated rings. The second-order valence-electron chi connectivity index (χ2n) is 10.1. The molecule has 1 aliphatic rings. The van der Waals surface area contributed by atoms with Crippen LogP contribution in [0.25, 0.3) is 10.2 Å². The van der Waals surface area contributed by atoms with E-state index < -0.39 is 0 Å². The number of carbonyl (C=O) groups excluding carboxylic acids is 1. The summed E-state index contributed by atoms with van der Waals surface area (Å²) in [5.74, 6) is 1.23. The molecule has 34 heavy (non-hydrogen) atoms. The molecule has 1 amide bonds. The van der Waals surface area contributed by atoms with Gasteiger partial charge >= 0.3 is 0 Å². The fourth-order valence-electron chi connectivity index (χ4n) is 4.40. The van der Waals surface area contributed by atoms with Crippen LogP contribution in [0.2, 0.25) is 0 Å². The number of aryl methyl sites for hydroxylation is 3. The maximum atomic E-state index is 13.4. The second kappa shape index (κ2) is 9.84. The van der Waals surface area contributed by atoms with Crippen LogP contribution < -0.4 is 5.56 Å². The Hall–Kier alpha value is -2.16. The number of H-pyrrole nitrogens is 1. The maximum absolute atomic E-state index is 13.4. The van der Waals surface area contributed by atoms with E-state index >= 15 is 0 Å². The summed E-state index contributed by atoms with van der Waals surface area (Å²) >= 11 is 3.02. The molecule has 0 spiro atoms. The molecule has 0 saturated carbocycles. The molecule has 1 aliphatic heterocycles. The summed E-state index contributed by atoms with van der Waals surface area (Å²) < 4.78 is 0. The van der Waals surface area contributed by atoms with Crippen LogP contribution in [0.3, 0.4) is 0 Å². The van der Waals surface area contributed by atoms with Crippen molar-refractivity contribution >= 4 is 39.2 Å². The van der Waals surface area contributed by atoms with Gasteiger partial charge in [0.15, 0.2) is 0 Å². The lowest BCUT2D eigenvalue weighted by Gasteiger charge is -2.34. The van der Waals surface area contributed by atoms with Crippen molar-refractivity contribution in [2.75, 3.05) is 26.2 Å². The topological polar surface area (TPSA) is 69.3 Å². The lowest BCUT2D eigenvalue weighted by atomic mass is 10.1. The number of thioether (sulfide) groups is 1. The number of benzene rings is 1. The first-order valence-electron chi connectivity index (χ1n) is 11.8. The molecule has 3 heterocycles. The zero-order valence-electron chi connectivity index (χ0n) is 20.9. The summed E-state index contributed by atoms with van der Waals surface area (Å²) in [4.78, 5) is 40.9. The van der Waals surface area contributed by atoms with Crippen molar-refractivity contribution in [3.63, 3.8) is 0 Å². The zero-order valence-corrected chi connectivity index (χ0v) is 22.6. The van der Waals surface area contributed by atoms with Gasteiger partial charge in [-0.05, 0) is 65.2 Å². The summed E-state index contributed by atoms with van der Waals surface area (Å²) in [6.45, 7) is 16.0. The van der Waals surface area contributed by atoms with Gasteiger partial charge in [0.2, 0.25) is 0 Å². The van der Waals surface area contributed by atoms with E-state index in [1.807, 2.05) is 11.8 Å². The van der Waals surface area contributed by atoms with E-state index in [0.29, 0.717) is 33.2 Å². The highest BCUT2D eigenvalue weighted by molar-refractivity contribution is 7.98. The SMILES string of the molecule is Cc1ccc(C)c(SCc2nc3sc(C(=O)N4CCCN(C(C)(C)C)CC4)c(C)c3c(=O)[nH]2)c1. The van der Waals surface area contributed by atoms with Crippen molar-refractivity contribution in [2.45, 2.75) is 64.2 Å². The van der Waals surface area contributed by atoms with E-state index in [2.05, 4.69) is 62.7 Å². The highest BCUT2D eigenvalue weighted by atomic mass is 32.2. The van der Waals surface area contributed by atoms with Gasteiger partial charge in [-0.15, -0.1) is 23.1 Å². The van der Waals surface area contributed by atoms with E-state index in [1.165, 1.54) is 27.4 Å². The van der Waals surface area contributed by atoms with Gasteiger partial charge in [0.25, 0.3) is 11.5 Å². The minimum atomic E-state index is -0.163. The minimum absolute atomic E-state index is 0.0157. The number of rotatable bonds is 4. The van der Waals surface area contributed by atoms with Crippen molar-refractivity contribution in [3.8, 4) is 0 Å². The third-order valence-corrected chi connectivity index (χ3v) is 8.83. The van der Waals surface area contributed by atoms with Crippen LogP contribution in [-0.4, -0.2) is 57.4 Å². The number of amides is 1. The van der Waals surface area contributed by atoms with Crippen LogP contribution in [0, 0.1) is 20.8 Å². The number of thiophene rings is 1. The Labute approximate surface area is 209 Å². The summed E-state index contributed by atoms with van der Waals surface area (Å²) in [6, 6.07) is 6.37. The van der Waals surface area contributed by atoms with Gasteiger partial charge in [-0.2, -0.15) is 0 Å². The van der Waals surface area contributed by atoms with E-state index in [0.717, 1.165) is 31.6 Å². The predicted molar refractivity (Wildman–Crippen MR) is 142 cm³/mol. The highest BCUT2D eigenvalue weighted by Gasteiger charge is 2.28. The first-order valence-corrected chi connectivity index (χ1v) is 13.6. The number of hydrogen-bond donors (Lipinski definition) is 1. The monoisotopic (exact) mass is 498 g/mol. The van der Waals surface area contributed by atoms with Crippen LogP contribution in [0.1, 0.15) is 59.4 Å². The Bertz CT molecular complexity index is 1270. The molecular formula is C26H34N4O2S2. The fourth-order valence-corrected chi connectivity index (χ4v) is 6.57. The Morgan fingerprint density at radius 3 is 2.65 bits per heavy atom. The number of nitrogens with one attached hydrogen (secondary N) is 1. The van der Waals surface area contributed by atoms with Gasteiger partial charge in [-0.25, -0.2) is 4.98 Å². The Balaban J connectivity index is 1.56. The van der Waals surface area contributed by atoms with E-state index in [4.69, 9.17) is 4.98 Å². The van der Waals surface area contributed by atoms with E-state index in [-0.39, 0.29) is 17.0 Å². The number of nitrogens with zero attached hydrogens (tertiary/aromatic N) is 3. The van der Waals surface area contributed by atoms with Crippen molar-refractivity contribution in [2.24, 2.45) is 0 Å². The lowest BCUT2D eigenvalue weighted by Crippen LogP contribution is -2.44. The standard InChI is InChI=1S/C26H34N4O2S2/c1-16-8-9-17(2)19(14-16)33-15-20-27-23(31)21-18(3)22(34-24(21)28-20)25(32)29-10-7-11-30(13-12-29)26(4,5)6/h8-9,14H,7,10-13,15H2,1-6H3,(H,27,28,31). The Morgan fingerprint density at radius 1 is 1.15 bits per heavy atom. The summed E-state index contributed by atoms with van der Waals surface area (Å²) in [5.41, 5.74) is 3.09. The van der Waals surface area contributed by atoms with Gasteiger partial charge in [-0.3, -0.25) is 14.5 Å².